The van der Waals surface area contributed by atoms with Gasteiger partial charge in [-0.1, -0.05) is 29.5 Å². The van der Waals surface area contributed by atoms with Crippen molar-refractivity contribution in [2.24, 2.45) is 7.05 Å². The van der Waals surface area contributed by atoms with E-state index >= 15 is 0 Å². The number of para-hydroxylation sites is 1. The second kappa shape index (κ2) is 4.31. The van der Waals surface area contributed by atoms with Crippen LogP contribution in [0.3, 0.4) is 0 Å². The van der Waals surface area contributed by atoms with Crippen LogP contribution in [-0.4, -0.2) is 4.57 Å². The number of hydrogen-bond donors (Lipinski definition) is 1. The Morgan fingerprint density at radius 1 is 1.06 bits per heavy atom. The molecule has 3 aromatic rings. The van der Waals surface area contributed by atoms with E-state index in [2.05, 4.69) is 5.32 Å². The van der Waals surface area contributed by atoms with Gasteiger partial charge in [0.25, 0.3) is 0 Å². The zero-order chi connectivity index (χ0) is 12.5. The van der Waals surface area contributed by atoms with Gasteiger partial charge in [0.2, 0.25) is 0 Å². The van der Waals surface area contributed by atoms with Crippen molar-refractivity contribution in [3.63, 3.8) is 0 Å². The van der Waals surface area contributed by atoms with E-state index in [1.54, 1.807) is 11.6 Å². The number of hydrogen-bond acceptors (Lipinski definition) is 3. The maximum absolute atomic E-state index is 11.6. The van der Waals surface area contributed by atoms with Crippen molar-refractivity contribution in [2.45, 2.75) is 0 Å². The molecule has 4 heteroatoms. The Morgan fingerprint density at radius 3 is 2.61 bits per heavy atom. The zero-order valence-electron chi connectivity index (χ0n) is 9.88. The Morgan fingerprint density at radius 2 is 1.83 bits per heavy atom. The number of anilines is 2. The molecule has 3 rings (SSSR count). The number of thiazole rings is 1. The lowest BCUT2D eigenvalue weighted by molar-refractivity contribution is 0.939. The maximum atomic E-state index is 11.6. The van der Waals surface area contributed by atoms with E-state index in [1.807, 2.05) is 48.5 Å². The van der Waals surface area contributed by atoms with Gasteiger partial charge in [-0.05, 0) is 30.3 Å². The van der Waals surface area contributed by atoms with Crippen molar-refractivity contribution in [1.29, 1.82) is 0 Å². The van der Waals surface area contributed by atoms with Gasteiger partial charge in [-0.25, -0.2) is 0 Å². The van der Waals surface area contributed by atoms with Crippen molar-refractivity contribution in [3.05, 3.63) is 58.2 Å². The van der Waals surface area contributed by atoms with Crippen LogP contribution in [0.25, 0.3) is 10.2 Å². The molecule has 0 spiro atoms. The summed E-state index contributed by atoms with van der Waals surface area (Å²) in [5, 5.41) is 3.32. The molecular formula is C14H12N2OS. The molecule has 0 saturated carbocycles. The van der Waals surface area contributed by atoms with Crippen LogP contribution < -0.4 is 10.2 Å². The first kappa shape index (κ1) is 11.0. The molecule has 0 aliphatic rings. The van der Waals surface area contributed by atoms with Crippen LogP contribution in [-0.2, 0) is 7.05 Å². The van der Waals surface area contributed by atoms with Crippen molar-refractivity contribution in [3.8, 4) is 0 Å². The highest BCUT2D eigenvalue weighted by Gasteiger charge is 2.04. The first-order valence-electron chi connectivity index (χ1n) is 5.66. The molecule has 1 N–H and O–H groups in total. The largest absolute Gasteiger partial charge is 0.355 e. The van der Waals surface area contributed by atoms with Crippen molar-refractivity contribution in [2.75, 3.05) is 5.32 Å². The molecule has 0 aliphatic carbocycles. The Kier molecular flexibility index (Phi) is 2.64. The van der Waals surface area contributed by atoms with E-state index in [9.17, 15) is 4.79 Å². The van der Waals surface area contributed by atoms with E-state index in [0.717, 1.165) is 21.6 Å². The van der Waals surface area contributed by atoms with Crippen LogP contribution in [0.15, 0.2) is 53.3 Å². The number of rotatable bonds is 2. The third-order valence-electron chi connectivity index (χ3n) is 2.85. The second-order valence-electron chi connectivity index (χ2n) is 4.10. The van der Waals surface area contributed by atoms with Gasteiger partial charge in [0.1, 0.15) is 0 Å². The molecule has 0 aliphatic heterocycles. The minimum absolute atomic E-state index is 0.0712. The van der Waals surface area contributed by atoms with Crippen LogP contribution in [0.4, 0.5) is 11.4 Å². The summed E-state index contributed by atoms with van der Waals surface area (Å²) in [6.45, 7) is 0. The SMILES string of the molecule is Cn1c(=O)sc2ccc(Nc3ccccc3)cc21. The Labute approximate surface area is 108 Å². The van der Waals surface area contributed by atoms with Crippen molar-refractivity contribution >= 4 is 32.9 Å². The average Bonchev–Trinajstić information content (AvgIpc) is 2.67. The van der Waals surface area contributed by atoms with E-state index in [1.165, 1.54) is 11.3 Å². The summed E-state index contributed by atoms with van der Waals surface area (Å²) in [5.74, 6) is 0. The minimum atomic E-state index is 0.0712. The number of nitrogens with zero attached hydrogens (tertiary/aromatic N) is 1. The monoisotopic (exact) mass is 256 g/mol. The van der Waals surface area contributed by atoms with Crippen molar-refractivity contribution < 1.29 is 0 Å². The van der Waals surface area contributed by atoms with Crippen LogP contribution in [0.2, 0.25) is 0 Å². The van der Waals surface area contributed by atoms with Gasteiger partial charge in [0, 0.05) is 18.4 Å². The summed E-state index contributed by atoms with van der Waals surface area (Å²) in [7, 11) is 1.80. The molecule has 0 bridgehead atoms. The molecular weight excluding hydrogens is 244 g/mol. The quantitative estimate of drug-likeness (QED) is 0.763. The normalized spacial score (nSPS) is 10.7. The van der Waals surface area contributed by atoms with E-state index < -0.39 is 0 Å². The molecule has 2 aromatic carbocycles. The molecule has 0 radical (unpaired) electrons. The van der Waals surface area contributed by atoms with Crippen LogP contribution in [0.5, 0.6) is 0 Å². The number of aryl methyl sites for hydroxylation is 1. The standard InChI is InChI=1S/C14H12N2OS/c1-16-12-9-11(7-8-13(12)18-14(16)17)15-10-5-3-2-4-6-10/h2-9,15H,1H3. The first-order chi connectivity index (χ1) is 8.74. The fourth-order valence-electron chi connectivity index (χ4n) is 1.89. The Balaban J connectivity index is 2.03. The summed E-state index contributed by atoms with van der Waals surface area (Å²) in [6, 6.07) is 15.9. The van der Waals surface area contributed by atoms with Crippen LogP contribution in [0.1, 0.15) is 0 Å². The molecule has 18 heavy (non-hydrogen) atoms. The number of aromatic nitrogens is 1. The van der Waals surface area contributed by atoms with Gasteiger partial charge < -0.3 is 9.88 Å². The number of fused-ring (bicyclic) bond motifs is 1. The van der Waals surface area contributed by atoms with Gasteiger partial charge in [0.15, 0.2) is 0 Å². The molecule has 1 heterocycles. The highest BCUT2D eigenvalue weighted by atomic mass is 32.1. The Bertz CT molecular complexity index is 743. The Hall–Kier alpha value is -2.07. The molecule has 3 nitrogen and oxygen atoms in total. The van der Waals surface area contributed by atoms with Gasteiger partial charge >= 0.3 is 4.87 Å². The molecule has 1 aromatic heterocycles. The smallest absolute Gasteiger partial charge is 0.307 e. The summed E-state index contributed by atoms with van der Waals surface area (Å²) in [4.78, 5) is 11.6. The number of benzene rings is 2. The molecule has 0 fully saturated rings. The molecule has 0 amide bonds. The minimum Gasteiger partial charge on any atom is -0.355 e. The third kappa shape index (κ3) is 1.91. The molecule has 0 saturated heterocycles. The fraction of sp³-hybridized carbons (Fsp3) is 0.0714. The highest BCUT2D eigenvalue weighted by molar-refractivity contribution is 7.16. The lowest BCUT2D eigenvalue weighted by Gasteiger charge is -2.06. The first-order valence-corrected chi connectivity index (χ1v) is 6.47. The van der Waals surface area contributed by atoms with E-state index in [-0.39, 0.29) is 4.87 Å². The summed E-state index contributed by atoms with van der Waals surface area (Å²) in [6.07, 6.45) is 0. The maximum Gasteiger partial charge on any atom is 0.307 e. The van der Waals surface area contributed by atoms with Gasteiger partial charge in [0.05, 0.1) is 10.2 Å². The predicted octanol–water partition coefficient (Wildman–Crippen LogP) is 3.34. The molecule has 90 valence electrons. The predicted molar refractivity (Wildman–Crippen MR) is 76.8 cm³/mol. The lowest BCUT2D eigenvalue weighted by Crippen LogP contribution is -2.06. The van der Waals surface area contributed by atoms with Crippen molar-refractivity contribution in [1.82, 2.24) is 4.57 Å². The van der Waals surface area contributed by atoms with Gasteiger partial charge in [-0.2, -0.15) is 0 Å². The van der Waals surface area contributed by atoms with E-state index in [4.69, 9.17) is 0 Å². The average molecular weight is 256 g/mol. The van der Waals surface area contributed by atoms with Gasteiger partial charge in [-0.15, -0.1) is 0 Å². The zero-order valence-corrected chi connectivity index (χ0v) is 10.7. The summed E-state index contributed by atoms with van der Waals surface area (Å²) < 4.78 is 2.69. The van der Waals surface area contributed by atoms with E-state index in [0.29, 0.717) is 0 Å². The topological polar surface area (TPSA) is 34.0 Å². The molecule has 0 atom stereocenters. The lowest BCUT2D eigenvalue weighted by atomic mass is 10.2. The number of nitrogens with one attached hydrogen (secondary N) is 1. The van der Waals surface area contributed by atoms with Crippen LogP contribution in [0, 0.1) is 0 Å². The summed E-state index contributed by atoms with van der Waals surface area (Å²) in [5.41, 5.74) is 2.99. The third-order valence-corrected chi connectivity index (χ3v) is 3.87. The second-order valence-corrected chi connectivity index (χ2v) is 5.09. The van der Waals surface area contributed by atoms with Gasteiger partial charge in [-0.3, -0.25) is 4.79 Å². The fourth-order valence-corrected chi connectivity index (χ4v) is 2.75. The summed E-state index contributed by atoms with van der Waals surface area (Å²) >= 11 is 1.27. The molecule has 0 unspecified atom stereocenters. The van der Waals surface area contributed by atoms with Crippen LogP contribution >= 0.6 is 11.3 Å². The highest BCUT2D eigenvalue weighted by Crippen LogP contribution is 2.23.